The highest BCUT2D eigenvalue weighted by molar-refractivity contribution is 5.79. The number of rotatable bonds is 8. The summed E-state index contributed by atoms with van der Waals surface area (Å²) in [6.45, 7) is 3.78. The molecule has 2 atom stereocenters. The van der Waals surface area contributed by atoms with E-state index in [0.717, 1.165) is 0 Å². The van der Waals surface area contributed by atoms with E-state index in [2.05, 4.69) is 0 Å². The van der Waals surface area contributed by atoms with Crippen molar-refractivity contribution in [1.82, 2.24) is 0 Å². The van der Waals surface area contributed by atoms with Gasteiger partial charge >= 0.3 is 11.9 Å². The number of carbonyl (C=O) groups excluding carboxylic acids is 2. The molecule has 6 heteroatoms. The van der Waals surface area contributed by atoms with E-state index >= 15 is 0 Å². The van der Waals surface area contributed by atoms with Crippen molar-refractivity contribution in [2.45, 2.75) is 26.2 Å². The standard InChI is InChI=1S/C17H21NO5/c1-4-22-16(19)10-14(15(11-18)17(20)23-5-2)12-6-8-13(21-3)9-7-12/h6-9,14-15H,4-5,10H2,1-3H3. The summed E-state index contributed by atoms with van der Waals surface area (Å²) in [4.78, 5) is 23.9. The zero-order valence-electron chi connectivity index (χ0n) is 13.6. The molecule has 0 aliphatic carbocycles. The van der Waals surface area contributed by atoms with E-state index in [0.29, 0.717) is 11.3 Å². The Balaban J connectivity index is 3.10. The van der Waals surface area contributed by atoms with Gasteiger partial charge in [-0.25, -0.2) is 0 Å². The minimum absolute atomic E-state index is 0.0722. The summed E-state index contributed by atoms with van der Waals surface area (Å²) in [5, 5.41) is 9.37. The lowest BCUT2D eigenvalue weighted by Gasteiger charge is -2.20. The largest absolute Gasteiger partial charge is 0.497 e. The van der Waals surface area contributed by atoms with Gasteiger partial charge in [-0.3, -0.25) is 9.59 Å². The zero-order chi connectivity index (χ0) is 17.2. The van der Waals surface area contributed by atoms with Gasteiger partial charge < -0.3 is 14.2 Å². The Morgan fingerprint density at radius 2 is 1.74 bits per heavy atom. The minimum Gasteiger partial charge on any atom is -0.497 e. The molecule has 0 N–H and O–H groups in total. The van der Waals surface area contributed by atoms with E-state index in [1.54, 1.807) is 45.2 Å². The molecule has 6 nitrogen and oxygen atoms in total. The number of hydrogen-bond acceptors (Lipinski definition) is 6. The maximum absolute atomic E-state index is 12.0. The molecule has 0 spiro atoms. The molecular formula is C17H21NO5. The fourth-order valence-corrected chi connectivity index (χ4v) is 2.22. The molecule has 0 amide bonds. The number of hydrogen-bond donors (Lipinski definition) is 0. The first-order chi connectivity index (χ1) is 11.1. The van der Waals surface area contributed by atoms with Crippen LogP contribution < -0.4 is 4.74 Å². The maximum Gasteiger partial charge on any atom is 0.323 e. The summed E-state index contributed by atoms with van der Waals surface area (Å²) in [6, 6.07) is 8.84. The molecule has 1 aromatic carbocycles. The van der Waals surface area contributed by atoms with Gasteiger partial charge in [0.25, 0.3) is 0 Å². The summed E-state index contributed by atoms with van der Waals surface area (Å²) in [6.07, 6.45) is -0.0722. The van der Waals surface area contributed by atoms with Crippen LogP contribution in [0.4, 0.5) is 0 Å². The van der Waals surface area contributed by atoms with Crippen LogP contribution in [0.2, 0.25) is 0 Å². The SMILES string of the molecule is CCOC(=O)CC(c1ccc(OC)cc1)C(C#N)C(=O)OCC. The lowest BCUT2D eigenvalue weighted by atomic mass is 9.84. The molecule has 0 aromatic heterocycles. The minimum atomic E-state index is -1.08. The number of esters is 2. The Labute approximate surface area is 136 Å². The Kier molecular flexibility index (Phi) is 7.61. The smallest absolute Gasteiger partial charge is 0.323 e. The zero-order valence-corrected chi connectivity index (χ0v) is 13.6. The van der Waals surface area contributed by atoms with Gasteiger partial charge in [0, 0.05) is 5.92 Å². The topological polar surface area (TPSA) is 85.6 Å². The molecule has 0 saturated carbocycles. The van der Waals surface area contributed by atoms with Crippen LogP contribution in [0.1, 0.15) is 31.7 Å². The van der Waals surface area contributed by atoms with Gasteiger partial charge in [-0.1, -0.05) is 12.1 Å². The van der Waals surface area contributed by atoms with E-state index < -0.39 is 23.8 Å². The van der Waals surface area contributed by atoms with Crippen LogP contribution in [0.3, 0.4) is 0 Å². The van der Waals surface area contributed by atoms with Crippen molar-refractivity contribution >= 4 is 11.9 Å². The Morgan fingerprint density at radius 3 is 2.22 bits per heavy atom. The summed E-state index contributed by atoms with van der Waals surface area (Å²) in [7, 11) is 1.54. The Hall–Kier alpha value is -2.55. The molecule has 1 rings (SSSR count). The van der Waals surface area contributed by atoms with E-state index in [9.17, 15) is 14.9 Å². The van der Waals surface area contributed by atoms with Crippen molar-refractivity contribution in [2.75, 3.05) is 20.3 Å². The summed E-state index contributed by atoms with van der Waals surface area (Å²) in [5.41, 5.74) is 0.679. The molecular weight excluding hydrogens is 298 g/mol. The first kappa shape index (κ1) is 18.5. The van der Waals surface area contributed by atoms with Gasteiger partial charge in [-0.15, -0.1) is 0 Å². The van der Waals surface area contributed by atoms with Crippen molar-refractivity contribution in [3.8, 4) is 11.8 Å². The second-order valence-electron chi connectivity index (χ2n) is 4.75. The predicted octanol–water partition coefficient (Wildman–Crippen LogP) is 2.43. The molecule has 0 aliphatic rings. The van der Waals surface area contributed by atoms with E-state index in [1.807, 2.05) is 6.07 Å². The lowest BCUT2D eigenvalue weighted by Crippen LogP contribution is -2.26. The summed E-state index contributed by atoms with van der Waals surface area (Å²) < 4.78 is 15.0. The van der Waals surface area contributed by atoms with Crippen LogP contribution in [0.5, 0.6) is 5.75 Å². The highest BCUT2D eigenvalue weighted by Crippen LogP contribution is 2.31. The van der Waals surface area contributed by atoms with Crippen LogP contribution in [0, 0.1) is 17.2 Å². The number of carbonyl (C=O) groups is 2. The summed E-state index contributed by atoms with van der Waals surface area (Å²) >= 11 is 0. The van der Waals surface area contributed by atoms with Crippen molar-refractivity contribution < 1.29 is 23.8 Å². The number of nitriles is 1. The molecule has 0 aliphatic heterocycles. The van der Waals surface area contributed by atoms with Crippen molar-refractivity contribution in [1.29, 1.82) is 5.26 Å². The maximum atomic E-state index is 12.0. The Morgan fingerprint density at radius 1 is 1.13 bits per heavy atom. The van der Waals surface area contributed by atoms with E-state index in [4.69, 9.17) is 14.2 Å². The third-order valence-corrected chi connectivity index (χ3v) is 3.32. The van der Waals surface area contributed by atoms with Gasteiger partial charge in [0.2, 0.25) is 0 Å². The number of benzene rings is 1. The van der Waals surface area contributed by atoms with Gasteiger partial charge in [-0.05, 0) is 31.5 Å². The van der Waals surface area contributed by atoms with Gasteiger partial charge in [-0.2, -0.15) is 5.26 Å². The number of ether oxygens (including phenoxy) is 3. The first-order valence-electron chi connectivity index (χ1n) is 7.43. The Bertz CT molecular complexity index is 561. The third kappa shape index (κ3) is 5.29. The molecule has 124 valence electrons. The predicted molar refractivity (Wildman–Crippen MR) is 82.7 cm³/mol. The van der Waals surface area contributed by atoms with Crippen LogP contribution in [0.25, 0.3) is 0 Å². The molecule has 0 fully saturated rings. The fourth-order valence-electron chi connectivity index (χ4n) is 2.22. The molecule has 2 unspecified atom stereocenters. The van der Waals surface area contributed by atoms with E-state index in [-0.39, 0.29) is 19.6 Å². The second-order valence-corrected chi connectivity index (χ2v) is 4.75. The monoisotopic (exact) mass is 319 g/mol. The quantitative estimate of drug-likeness (QED) is 0.684. The van der Waals surface area contributed by atoms with E-state index in [1.165, 1.54) is 0 Å². The van der Waals surface area contributed by atoms with Gasteiger partial charge in [0.1, 0.15) is 5.75 Å². The van der Waals surface area contributed by atoms with Crippen molar-refractivity contribution in [2.24, 2.45) is 5.92 Å². The average molecular weight is 319 g/mol. The first-order valence-corrected chi connectivity index (χ1v) is 7.43. The number of nitrogens with zero attached hydrogens (tertiary/aromatic N) is 1. The average Bonchev–Trinajstić information content (AvgIpc) is 2.55. The molecule has 0 heterocycles. The van der Waals surface area contributed by atoms with Crippen LogP contribution in [-0.2, 0) is 19.1 Å². The molecule has 1 aromatic rings. The molecule has 0 saturated heterocycles. The normalized spacial score (nSPS) is 12.6. The second kappa shape index (κ2) is 9.46. The highest BCUT2D eigenvalue weighted by atomic mass is 16.5. The lowest BCUT2D eigenvalue weighted by molar-refractivity contribution is -0.148. The molecule has 0 bridgehead atoms. The molecule has 23 heavy (non-hydrogen) atoms. The number of methoxy groups -OCH3 is 1. The molecule has 0 radical (unpaired) electrons. The van der Waals surface area contributed by atoms with Crippen LogP contribution in [0.15, 0.2) is 24.3 Å². The van der Waals surface area contributed by atoms with Crippen LogP contribution >= 0.6 is 0 Å². The van der Waals surface area contributed by atoms with Gasteiger partial charge in [0.05, 0.1) is 32.8 Å². The highest BCUT2D eigenvalue weighted by Gasteiger charge is 2.33. The van der Waals surface area contributed by atoms with Crippen LogP contribution in [-0.4, -0.2) is 32.3 Å². The van der Waals surface area contributed by atoms with Gasteiger partial charge in [0.15, 0.2) is 5.92 Å². The van der Waals surface area contributed by atoms with Crippen molar-refractivity contribution in [3.05, 3.63) is 29.8 Å². The fraction of sp³-hybridized carbons (Fsp3) is 0.471. The third-order valence-electron chi connectivity index (χ3n) is 3.32. The summed E-state index contributed by atoms with van der Waals surface area (Å²) in [5.74, 6) is -2.16. The van der Waals surface area contributed by atoms with Crippen molar-refractivity contribution in [3.63, 3.8) is 0 Å².